The van der Waals surface area contributed by atoms with E-state index in [9.17, 15) is 9.59 Å². The summed E-state index contributed by atoms with van der Waals surface area (Å²) in [6.45, 7) is 4.92. The molecule has 9 heteroatoms. The zero-order chi connectivity index (χ0) is 19.8. The van der Waals surface area contributed by atoms with Gasteiger partial charge in [0, 0.05) is 25.2 Å². The Kier molecular flexibility index (Phi) is 8.97. The molecule has 1 saturated heterocycles. The van der Waals surface area contributed by atoms with Crippen LogP contribution in [0.25, 0.3) is 0 Å². The quantitative estimate of drug-likeness (QED) is 0.312. The molecule has 1 fully saturated rings. The number of carbonyl (C=O) groups excluding carboxylic acids is 2. The van der Waals surface area contributed by atoms with Gasteiger partial charge in [0.25, 0.3) is 5.91 Å². The molecule has 156 valence electrons. The minimum Gasteiger partial charge on any atom is -0.467 e. The molecule has 0 bridgehead atoms. The lowest BCUT2D eigenvalue weighted by atomic mass is 10.1. The van der Waals surface area contributed by atoms with Crippen molar-refractivity contribution in [2.24, 2.45) is 4.99 Å². The summed E-state index contributed by atoms with van der Waals surface area (Å²) in [4.78, 5) is 30.1. The van der Waals surface area contributed by atoms with E-state index < -0.39 is 0 Å². The van der Waals surface area contributed by atoms with Gasteiger partial charge in [-0.1, -0.05) is 12.1 Å². The molecule has 1 aromatic heterocycles. The molecular weight excluding hydrogens is 485 g/mol. The number of carbonyl (C=O) groups is 2. The number of hydrogen-bond donors (Lipinski definition) is 3. The number of hydrogen-bond acceptors (Lipinski definition) is 4. The van der Waals surface area contributed by atoms with Crippen LogP contribution < -0.4 is 16.0 Å². The van der Waals surface area contributed by atoms with Crippen molar-refractivity contribution in [2.75, 3.05) is 26.2 Å². The molecule has 1 aliphatic heterocycles. The van der Waals surface area contributed by atoms with Gasteiger partial charge in [0.15, 0.2) is 5.96 Å². The zero-order valence-corrected chi connectivity index (χ0v) is 18.6. The minimum atomic E-state index is -0.127. The predicted molar refractivity (Wildman–Crippen MR) is 121 cm³/mol. The third kappa shape index (κ3) is 6.77. The van der Waals surface area contributed by atoms with Crippen molar-refractivity contribution < 1.29 is 14.0 Å². The van der Waals surface area contributed by atoms with E-state index in [-0.39, 0.29) is 42.3 Å². The van der Waals surface area contributed by atoms with Crippen LogP contribution in [0, 0.1) is 0 Å². The second-order valence-corrected chi connectivity index (χ2v) is 6.40. The molecule has 3 N–H and O–H groups in total. The van der Waals surface area contributed by atoms with E-state index in [1.165, 1.54) is 0 Å². The lowest BCUT2D eigenvalue weighted by molar-refractivity contribution is -0.123. The van der Waals surface area contributed by atoms with E-state index in [2.05, 4.69) is 20.9 Å². The zero-order valence-electron chi connectivity index (χ0n) is 16.3. The highest BCUT2D eigenvalue weighted by molar-refractivity contribution is 14.0. The third-order valence-electron chi connectivity index (χ3n) is 4.30. The summed E-state index contributed by atoms with van der Waals surface area (Å²) < 4.78 is 5.31. The molecule has 0 unspecified atom stereocenters. The summed E-state index contributed by atoms with van der Waals surface area (Å²) >= 11 is 0. The predicted octanol–water partition coefficient (Wildman–Crippen LogP) is 1.72. The first kappa shape index (κ1) is 22.7. The average molecular weight is 511 g/mol. The summed E-state index contributed by atoms with van der Waals surface area (Å²) in [5, 5.41) is 9.13. The van der Waals surface area contributed by atoms with Crippen LogP contribution in [0.2, 0.25) is 0 Å². The molecule has 0 saturated carbocycles. The van der Waals surface area contributed by atoms with Gasteiger partial charge in [-0.2, -0.15) is 0 Å². The first-order chi connectivity index (χ1) is 13.7. The second kappa shape index (κ2) is 11.4. The number of halogens is 1. The Balaban J connectivity index is 0.00000300. The lowest BCUT2D eigenvalue weighted by Crippen LogP contribution is -2.49. The summed E-state index contributed by atoms with van der Waals surface area (Å²) in [5.41, 5.74) is 1.56. The number of aliphatic imine (C=N–C) groups is 1. The maximum Gasteiger partial charge on any atom is 0.254 e. The number of guanidine groups is 1. The molecular formula is C20H26IN5O3. The molecule has 2 amide bonds. The van der Waals surface area contributed by atoms with Crippen LogP contribution >= 0.6 is 24.0 Å². The van der Waals surface area contributed by atoms with Crippen molar-refractivity contribution in [3.8, 4) is 0 Å². The van der Waals surface area contributed by atoms with E-state index in [0.29, 0.717) is 37.7 Å². The molecule has 0 aliphatic carbocycles. The Morgan fingerprint density at radius 1 is 1.24 bits per heavy atom. The van der Waals surface area contributed by atoms with Crippen LogP contribution in [0.1, 0.15) is 28.6 Å². The number of nitrogens with zero attached hydrogens (tertiary/aromatic N) is 2. The molecule has 0 radical (unpaired) electrons. The molecule has 1 aliphatic rings. The second-order valence-electron chi connectivity index (χ2n) is 6.40. The minimum absolute atomic E-state index is 0. The number of rotatable bonds is 6. The lowest BCUT2D eigenvalue weighted by Gasteiger charge is -2.26. The maximum atomic E-state index is 12.5. The highest BCUT2D eigenvalue weighted by Crippen LogP contribution is 2.10. The Labute approximate surface area is 187 Å². The summed E-state index contributed by atoms with van der Waals surface area (Å²) in [6.07, 6.45) is 1.64. The highest BCUT2D eigenvalue weighted by atomic mass is 127. The number of amides is 2. The third-order valence-corrected chi connectivity index (χ3v) is 4.30. The standard InChI is InChI=1S/C20H25N5O3.HI/c1-2-21-20(24-13-17-4-3-11-28-17)23-12-15-5-7-16(8-6-15)19(27)25-10-9-22-18(26)14-25;/h3-8,11H,2,9-10,12-14H2,1H3,(H,22,26)(H2,21,23,24);1H. The van der Waals surface area contributed by atoms with E-state index in [1.807, 2.05) is 31.2 Å². The fourth-order valence-corrected chi connectivity index (χ4v) is 2.84. The fraction of sp³-hybridized carbons (Fsp3) is 0.350. The normalized spacial score (nSPS) is 14.0. The summed E-state index contributed by atoms with van der Waals surface area (Å²) in [7, 11) is 0. The molecule has 2 heterocycles. The van der Waals surface area contributed by atoms with Crippen molar-refractivity contribution in [1.29, 1.82) is 0 Å². The van der Waals surface area contributed by atoms with E-state index in [0.717, 1.165) is 17.9 Å². The molecule has 0 spiro atoms. The van der Waals surface area contributed by atoms with Crippen LogP contribution in [0.5, 0.6) is 0 Å². The topological polar surface area (TPSA) is 99.0 Å². The monoisotopic (exact) mass is 511 g/mol. The summed E-state index contributed by atoms with van der Waals surface area (Å²) in [6, 6.07) is 11.1. The van der Waals surface area contributed by atoms with Crippen LogP contribution in [0.4, 0.5) is 0 Å². The maximum absolute atomic E-state index is 12.5. The Morgan fingerprint density at radius 3 is 2.69 bits per heavy atom. The Bertz CT molecular complexity index is 821. The van der Waals surface area contributed by atoms with Gasteiger partial charge in [-0.15, -0.1) is 24.0 Å². The number of piperazine rings is 1. The SMILES string of the molecule is CCNC(=NCc1ccc(C(=O)N2CCNC(=O)C2)cc1)NCc1ccco1.I. The number of benzene rings is 1. The van der Waals surface area contributed by atoms with Gasteiger partial charge in [-0.3, -0.25) is 9.59 Å². The molecule has 8 nitrogen and oxygen atoms in total. The highest BCUT2D eigenvalue weighted by Gasteiger charge is 2.22. The molecule has 2 aromatic rings. The van der Waals surface area contributed by atoms with Gasteiger partial charge in [-0.05, 0) is 36.8 Å². The molecule has 3 rings (SSSR count). The molecule has 29 heavy (non-hydrogen) atoms. The smallest absolute Gasteiger partial charge is 0.254 e. The van der Waals surface area contributed by atoms with E-state index in [1.54, 1.807) is 23.3 Å². The first-order valence-corrected chi connectivity index (χ1v) is 9.35. The van der Waals surface area contributed by atoms with Gasteiger partial charge in [-0.25, -0.2) is 4.99 Å². The van der Waals surface area contributed by atoms with Gasteiger partial charge in [0.05, 0.1) is 25.9 Å². The summed E-state index contributed by atoms with van der Waals surface area (Å²) in [5.74, 6) is 1.28. The van der Waals surface area contributed by atoms with Crippen LogP contribution in [0.3, 0.4) is 0 Å². The van der Waals surface area contributed by atoms with Crippen LogP contribution in [-0.2, 0) is 17.9 Å². The van der Waals surface area contributed by atoms with Crippen LogP contribution in [0.15, 0.2) is 52.1 Å². The van der Waals surface area contributed by atoms with Gasteiger partial charge < -0.3 is 25.3 Å². The molecule has 0 atom stereocenters. The molecule has 1 aromatic carbocycles. The van der Waals surface area contributed by atoms with Crippen molar-refractivity contribution in [1.82, 2.24) is 20.9 Å². The Morgan fingerprint density at radius 2 is 2.03 bits per heavy atom. The van der Waals surface area contributed by atoms with Crippen molar-refractivity contribution in [3.63, 3.8) is 0 Å². The van der Waals surface area contributed by atoms with Crippen molar-refractivity contribution >= 4 is 41.8 Å². The number of furan rings is 1. The van der Waals surface area contributed by atoms with Crippen molar-refractivity contribution in [3.05, 3.63) is 59.5 Å². The Hall–Kier alpha value is -2.56. The largest absolute Gasteiger partial charge is 0.467 e. The van der Waals surface area contributed by atoms with E-state index in [4.69, 9.17) is 4.42 Å². The average Bonchev–Trinajstić information content (AvgIpc) is 3.23. The fourth-order valence-electron chi connectivity index (χ4n) is 2.84. The number of nitrogens with one attached hydrogen (secondary N) is 3. The van der Waals surface area contributed by atoms with Gasteiger partial charge in [0.2, 0.25) is 5.91 Å². The van der Waals surface area contributed by atoms with Crippen molar-refractivity contribution in [2.45, 2.75) is 20.0 Å². The van der Waals surface area contributed by atoms with Gasteiger partial charge in [0.1, 0.15) is 5.76 Å². The van der Waals surface area contributed by atoms with E-state index >= 15 is 0 Å². The van der Waals surface area contributed by atoms with Crippen LogP contribution in [-0.4, -0.2) is 48.9 Å². The first-order valence-electron chi connectivity index (χ1n) is 9.35. The van der Waals surface area contributed by atoms with Gasteiger partial charge >= 0.3 is 0 Å².